The van der Waals surface area contributed by atoms with Crippen molar-refractivity contribution >= 4 is 21.4 Å². The van der Waals surface area contributed by atoms with Gasteiger partial charge in [-0.15, -0.1) is 11.3 Å². The summed E-state index contributed by atoms with van der Waals surface area (Å²) in [6.45, 7) is 4.30. The van der Waals surface area contributed by atoms with Gasteiger partial charge in [0, 0.05) is 18.1 Å². The van der Waals surface area contributed by atoms with Crippen molar-refractivity contribution in [1.29, 1.82) is 0 Å². The molecule has 0 radical (unpaired) electrons. The van der Waals surface area contributed by atoms with Gasteiger partial charge in [0.2, 0.25) is 10.0 Å². The van der Waals surface area contributed by atoms with Crippen molar-refractivity contribution < 1.29 is 17.7 Å². The first-order chi connectivity index (χ1) is 10.4. The van der Waals surface area contributed by atoms with Crippen LogP contribution in [0.5, 0.6) is 0 Å². The standard InChI is InChI=1S/C14H18N2O4S2/c1-10-13(11(2)20-15-10)22(17,18)16-14(5-7-19-8-6-14)12-4-3-9-21-12/h3-4,9,16H,5-8H2,1-2H3. The minimum atomic E-state index is -3.72. The van der Waals surface area contributed by atoms with Gasteiger partial charge in [-0.2, -0.15) is 4.72 Å². The number of hydrogen-bond acceptors (Lipinski definition) is 6. The van der Waals surface area contributed by atoms with Crippen LogP contribution in [0.1, 0.15) is 29.2 Å². The Labute approximate surface area is 133 Å². The molecular formula is C14H18N2O4S2. The minimum Gasteiger partial charge on any atom is -0.381 e. The monoisotopic (exact) mass is 342 g/mol. The van der Waals surface area contributed by atoms with E-state index in [2.05, 4.69) is 9.88 Å². The van der Waals surface area contributed by atoms with Crippen LogP contribution in [0.2, 0.25) is 0 Å². The van der Waals surface area contributed by atoms with Gasteiger partial charge < -0.3 is 9.26 Å². The zero-order chi connectivity index (χ0) is 15.8. The molecule has 120 valence electrons. The molecule has 0 aliphatic carbocycles. The van der Waals surface area contributed by atoms with Crippen molar-refractivity contribution in [2.24, 2.45) is 0 Å². The lowest BCUT2D eigenvalue weighted by molar-refractivity contribution is 0.0472. The summed E-state index contributed by atoms with van der Waals surface area (Å²) in [5, 5.41) is 5.70. The summed E-state index contributed by atoms with van der Waals surface area (Å²) in [5.74, 6) is 0.304. The SMILES string of the molecule is Cc1noc(C)c1S(=O)(=O)NC1(c2cccs2)CCOCC1. The molecule has 0 amide bonds. The second-order valence-corrected chi connectivity index (χ2v) is 8.00. The molecule has 8 heteroatoms. The van der Waals surface area contributed by atoms with E-state index in [0.717, 1.165) is 4.88 Å². The van der Waals surface area contributed by atoms with E-state index in [0.29, 0.717) is 37.5 Å². The van der Waals surface area contributed by atoms with Gasteiger partial charge in [-0.25, -0.2) is 8.42 Å². The molecule has 1 aliphatic heterocycles. The number of nitrogens with one attached hydrogen (secondary N) is 1. The summed E-state index contributed by atoms with van der Waals surface area (Å²) in [7, 11) is -3.72. The molecular weight excluding hydrogens is 324 g/mol. The molecule has 0 atom stereocenters. The Bertz CT molecular complexity index is 724. The number of aromatic nitrogens is 1. The van der Waals surface area contributed by atoms with E-state index in [1.165, 1.54) is 0 Å². The van der Waals surface area contributed by atoms with Crippen molar-refractivity contribution in [3.8, 4) is 0 Å². The third kappa shape index (κ3) is 2.71. The van der Waals surface area contributed by atoms with Gasteiger partial charge in [0.15, 0.2) is 5.76 Å². The topological polar surface area (TPSA) is 81.4 Å². The Morgan fingerprint density at radius 3 is 2.59 bits per heavy atom. The van der Waals surface area contributed by atoms with Crippen LogP contribution in [0.25, 0.3) is 0 Å². The van der Waals surface area contributed by atoms with E-state index in [1.807, 2.05) is 17.5 Å². The van der Waals surface area contributed by atoms with Crippen LogP contribution in [-0.2, 0) is 20.3 Å². The first-order valence-corrected chi connectivity index (χ1v) is 9.39. The minimum absolute atomic E-state index is 0.134. The van der Waals surface area contributed by atoms with E-state index in [1.54, 1.807) is 25.2 Å². The molecule has 1 aliphatic rings. The van der Waals surface area contributed by atoms with E-state index in [-0.39, 0.29) is 4.90 Å². The number of rotatable bonds is 4. The molecule has 1 fully saturated rings. The second kappa shape index (κ2) is 5.77. The molecule has 1 saturated heterocycles. The van der Waals surface area contributed by atoms with Crippen molar-refractivity contribution in [1.82, 2.24) is 9.88 Å². The van der Waals surface area contributed by atoms with Crippen LogP contribution in [0.3, 0.4) is 0 Å². The molecule has 0 saturated carbocycles. The molecule has 3 heterocycles. The molecule has 0 aromatic carbocycles. The fourth-order valence-electron chi connectivity index (χ4n) is 2.84. The highest BCUT2D eigenvalue weighted by Crippen LogP contribution is 2.37. The lowest BCUT2D eigenvalue weighted by Crippen LogP contribution is -2.49. The lowest BCUT2D eigenvalue weighted by atomic mass is 9.90. The maximum absolute atomic E-state index is 12.9. The van der Waals surface area contributed by atoms with Crippen molar-refractivity contribution in [3.63, 3.8) is 0 Å². The molecule has 3 rings (SSSR count). The van der Waals surface area contributed by atoms with E-state index >= 15 is 0 Å². The van der Waals surface area contributed by atoms with Gasteiger partial charge in [-0.1, -0.05) is 11.2 Å². The number of nitrogens with zero attached hydrogens (tertiary/aromatic N) is 1. The summed E-state index contributed by atoms with van der Waals surface area (Å²) >= 11 is 1.55. The molecule has 0 unspecified atom stereocenters. The first kappa shape index (κ1) is 15.7. The number of sulfonamides is 1. The van der Waals surface area contributed by atoms with Crippen LogP contribution in [0.15, 0.2) is 26.9 Å². The molecule has 22 heavy (non-hydrogen) atoms. The first-order valence-electron chi connectivity index (χ1n) is 7.03. The van der Waals surface area contributed by atoms with Gasteiger partial charge in [-0.05, 0) is 38.1 Å². The highest BCUT2D eigenvalue weighted by Gasteiger charge is 2.40. The highest BCUT2D eigenvalue weighted by atomic mass is 32.2. The summed E-state index contributed by atoms with van der Waals surface area (Å²) in [6.07, 6.45) is 1.21. The molecule has 1 N–H and O–H groups in total. The Morgan fingerprint density at radius 1 is 1.32 bits per heavy atom. The Kier molecular flexibility index (Phi) is 4.11. The smallest absolute Gasteiger partial charge is 0.246 e. The zero-order valence-electron chi connectivity index (χ0n) is 12.5. The molecule has 2 aromatic rings. The average molecular weight is 342 g/mol. The summed E-state index contributed by atoms with van der Waals surface area (Å²) in [5.41, 5.74) is -0.250. The van der Waals surface area contributed by atoms with Crippen molar-refractivity contribution in [3.05, 3.63) is 33.8 Å². The fourth-order valence-corrected chi connectivity index (χ4v) is 5.61. The summed E-state index contributed by atoms with van der Waals surface area (Å²) in [4.78, 5) is 1.14. The van der Waals surface area contributed by atoms with Gasteiger partial charge in [0.1, 0.15) is 10.6 Å². The third-order valence-corrected chi connectivity index (χ3v) is 6.76. The summed E-state index contributed by atoms with van der Waals surface area (Å²) < 4.78 is 39.0. The number of ether oxygens (including phenoxy) is 1. The number of hydrogen-bond donors (Lipinski definition) is 1. The maximum atomic E-state index is 12.9. The van der Waals surface area contributed by atoms with Crippen LogP contribution < -0.4 is 4.72 Å². The zero-order valence-corrected chi connectivity index (χ0v) is 14.1. The van der Waals surface area contributed by atoms with E-state index in [9.17, 15) is 8.42 Å². The van der Waals surface area contributed by atoms with Gasteiger partial charge >= 0.3 is 0 Å². The van der Waals surface area contributed by atoms with Crippen molar-refractivity contribution in [2.45, 2.75) is 37.1 Å². The quantitative estimate of drug-likeness (QED) is 0.922. The normalized spacial score (nSPS) is 18.5. The predicted molar refractivity (Wildman–Crippen MR) is 82.3 cm³/mol. The summed E-state index contributed by atoms with van der Waals surface area (Å²) in [6, 6.07) is 3.90. The van der Waals surface area contributed by atoms with Gasteiger partial charge in [0.05, 0.1) is 5.54 Å². The van der Waals surface area contributed by atoms with Crippen LogP contribution in [-0.4, -0.2) is 26.8 Å². The Hall–Kier alpha value is -1.22. The second-order valence-electron chi connectivity index (χ2n) is 5.43. The predicted octanol–water partition coefficient (Wildman–Crippen LogP) is 2.34. The maximum Gasteiger partial charge on any atom is 0.246 e. The molecule has 0 spiro atoms. The van der Waals surface area contributed by atoms with Gasteiger partial charge in [0.25, 0.3) is 0 Å². The lowest BCUT2D eigenvalue weighted by Gasteiger charge is -2.36. The van der Waals surface area contributed by atoms with E-state index < -0.39 is 15.6 Å². The Balaban J connectivity index is 2.01. The van der Waals surface area contributed by atoms with Gasteiger partial charge in [-0.3, -0.25) is 0 Å². The number of aryl methyl sites for hydroxylation is 2. The average Bonchev–Trinajstić information content (AvgIpc) is 3.10. The molecule has 0 bridgehead atoms. The molecule has 2 aromatic heterocycles. The van der Waals surface area contributed by atoms with Crippen LogP contribution in [0, 0.1) is 13.8 Å². The van der Waals surface area contributed by atoms with Crippen LogP contribution in [0.4, 0.5) is 0 Å². The number of thiophene rings is 1. The largest absolute Gasteiger partial charge is 0.381 e. The molecule has 6 nitrogen and oxygen atoms in total. The van der Waals surface area contributed by atoms with E-state index in [4.69, 9.17) is 9.26 Å². The fraction of sp³-hybridized carbons (Fsp3) is 0.500. The van der Waals surface area contributed by atoms with Crippen molar-refractivity contribution in [2.75, 3.05) is 13.2 Å². The highest BCUT2D eigenvalue weighted by molar-refractivity contribution is 7.89. The van der Waals surface area contributed by atoms with Crippen LogP contribution >= 0.6 is 11.3 Å². The Morgan fingerprint density at radius 2 is 2.05 bits per heavy atom. The third-order valence-electron chi connectivity index (χ3n) is 3.91.